The fourth-order valence-corrected chi connectivity index (χ4v) is 1.99. The van der Waals surface area contributed by atoms with Crippen LogP contribution in [0.25, 0.3) is 0 Å². The van der Waals surface area contributed by atoms with Crippen molar-refractivity contribution in [1.29, 1.82) is 0 Å². The zero-order chi connectivity index (χ0) is 18.2. The van der Waals surface area contributed by atoms with Crippen molar-refractivity contribution < 1.29 is 23.8 Å². The van der Waals surface area contributed by atoms with Crippen molar-refractivity contribution in [3.63, 3.8) is 0 Å². The van der Waals surface area contributed by atoms with Gasteiger partial charge in [0.05, 0.1) is 26.8 Å². The summed E-state index contributed by atoms with van der Waals surface area (Å²) >= 11 is 0. The molecule has 1 aliphatic heterocycles. The topological polar surface area (TPSA) is 86.3 Å². The number of hydroxylamine groups is 2. The molecule has 0 aromatic carbocycles. The van der Waals surface area contributed by atoms with E-state index in [1.165, 1.54) is 25.2 Å². The average Bonchev–Trinajstić information content (AvgIpc) is 2.65. The average molecular weight is 350 g/mol. The van der Waals surface area contributed by atoms with Gasteiger partial charge in [-0.1, -0.05) is 0 Å². The second-order valence-corrected chi connectivity index (χ2v) is 4.91. The van der Waals surface area contributed by atoms with Gasteiger partial charge in [-0.3, -0.25) is 4.90 Å². The van der Waals surface area contributed by atoms with Gasteiger partial charge >= 0.3 is 12.1 Å². The number of amides is 1. The normalized spacial score (nSPS) is 13.5. The molecule has 9 nitrogen and oxygen atoms in total. The van der Waals surface area contributed by atoms with Gasteiger partial charge in [0.25, 0.3) is 0 Å². The largest absolute Gasteiger partial charge is 0.481 e. The Labute approximate surface area is 146 Å². The number of aromatic nitrogens is 2. The summed E-state index contributed by atoms with van der Waals surface area (Å²) in [6.07, 6.45) is 4.53. The molecule has 25 heavy (non-hydrogen) atoms. The van der Waals surface area contributed by atoms with Crippen LogP contribution in [0.5, 0.6) is 17.8 Å². The number of allylic oxidation sites excluding steroid dienone is 2. The van der Waals surface area contributed by atoms with E-state index in [1.807, 2.05) is 13.8 Å². The molecule has 0 saturated heterocycles. The molecule has 0 saturated carbocycles. The lowest BCUT2D eigenvalue weighted by Gasteiger charge is -2.25. The van der Waals surface area contributed by atoms with Crippen molar-refractivity contribution in [3.05, 3.63) is 30.2 Å². The summed E-state index contributed by atoms with van der Waals surface area (Å²) in [5.74, 6) is 1.10. The Morgan fingerprint density at radius 1 is 1.20 bits per heavy atom. The van der Waals surface area contributed by atoms with E-state index >= 15 is 0 Å². The minimum atomic E-state index is -0.488. The van der Waals surface area contributed by atoms with Gasteiger partial charge in [-0.2, -0.15) is 9.97 Å². The van der Waals surface area contributed by atoms with Crippen LogP contribution in [0.4, 0.5) is 4.79 Å². The van der Waals surface area contributed by atoms with Gasteiger partial charge in [0.2, 0.25) is 11.8 Å². The van der Waals surface area contributed by atoms with Gasteiger partial charge in [-0.05, 0) is 26.0 Å². The van der Waals surface area contributed by atoms with Crippen LogP contribution in [0.15, 0.2) is 30.2 Å². The van der Waals surface area contributed by atoms with E-state index in [2.05, 4.69) is 9.97 Å². The molecule has 2 rings (SSSR count). The molecule has 9 heteroatoms. The number of hydrogen-bond acceptors (Lipinski definition) is 8. The highest BCUT2D eigenvalue weighted by molar-refractivity contribution is 5.69. The van der Waals surface area contributed by atoms with Crippen LogP contribution in [-0.4, -0.2) is 59.9 Å². The van der Waals surface area contributed by atoms with Crippen LogP contribution < -0.4 is 14.2 Å². The van der Waals surface area contributed by atoms with Crippen molar-refractivity contribution in [2.24, 2.45) is 0 Å². The van der Waals surface area contributed by atoms with Crippen molar-refractivity contribution in [2.45, 2.75) is 13.8 Å². The van der Waals surface area contributed by atoms with Gasteiger partial charge in [-0.15, -0.1) is 5.06 Å². The zero-order valence-electron chi connectivity index (χ0n) is 14.8. The molecule has 1 aromatic rings. The molecule has 1 aliphatic rings. The van der Waals surface area contributed by atoms with Crippen LogP contribution in [0.2, 0.25) is 0 Å². The number of nitrogens with zero attached hydrogens (tertiary/aromatic N) is 4. The molecule has 0 unspecified atom stereocenters. The number of methoxy groups -OCH3 is 2. The van der Waals surface area contributed by atoms with E-state index in [0.717, 1.165) is 0 Å². The van der Waals surface area contributed by atoms with E-state index in [9.17, 15) is 4.79 Å². The van der Waals surface area contributed by atoms with E-state index in [0.29, 0.717) is 30.6 Å². The quantitative estimate of drug-likeness (QED) is 0.690. The second-order valence-electron chi connectivity index (χ2n) is 4.91. The summed E-state index contributed by atoms with van der Waals surface area (Å²) in [5.41, 5.74) is 0. The first kappa shape index (κ1) is 18.5. The van der Waals surface area contributed by atoms with E-state index in [-0.39, 0.29) is 12.6 Å². The number of ether oxygens (including phenoxy) is 3. The summed E-state index contributed by atoms with van der Waals surface area (Å²) in [6, 6.07) is 1.60. The number of carbonyl (C=O) groups excluding carboxylic acids is 1. The molecule has 136 valence electrons. The maximum Gasteiger partial charge on any atom is 0.433 e. The maximum atomic E-state index is 12.2. The molecule has 0 fully saturated rings. The lowest BCUT2D eigenvalue weighted by atomic mass is 10.3. The molecule has 1 aromatic heterocycles. The summed E-state index contributed by atoms with van der Waals surface area (Å²) in [4.78, 5) is 27.0. The SMILES string of the molecule is CCN(CC)OC(=O)N1C=CC=C(Oc2nc(OC)cc(OC)n2)C1. The molecule has 1 amide bonds. The van der Waals surface area contributed by atoms with Crippen LogP contribution in [-0.2, 0) is 4.84 Å². The Morgan fingerprint density at radius 3 is 2.40 bits per heavy atom. The first-order valence-electron chi connectivity index (χ1n) is 7.85. The first-order valence-corrected chi connectivity index (χ1v) is 7.85. The minimum absolute atomic E-state index is 0.0646. The van der Waals surface area contributed by atoms with Crippen LogP contribution in [0.3, 0.4) is 0 Å². The lowest BCUT2D eigenvalue weighted by Crippen LogP contribution is -2.36. The Hall–Kier alpha value is -2.81. The van der Waals surface area contributed by atoms with Gasteiger partial charge in [0.1, 0.15) is 5.76 Å². The van der Waals surface area contributed by atoms with Crippen molar-refractivity contribution in [1.82, 2.24) is 19.9 Å². The van der Waals surface area contributed by atoms with E-state index < -0.39 is 6.09 Å². The van der Waals surface area contributed by atoms with E-state index in [1.54, 1.807) is 23.4 Å². The fourth-order valence-electron chi connectivity index (χ4n) is 1.99. The summed E-state index contributed by atoms with van der Waals surface area (Å²) < 4.78 is 15.8. The molecular formula is C16H22N4O5. The van der Waals surface area contributed by atoms with Gasteiger partial charge < -0.3 is 19.0 Å². The predicted octanol–water partition coefficient (Wildman–Crippen LogP) is 1.98. The van der Waals surface area contributed by atoms with Crippen LogP contribution in [0, 0.1) is 0 Å². The summed E-state index contributed by atoms with van der Waals surface area (Å²) in [5, 5.41) is 1.56. The first-order chi connectivity index (χ1) is 12.1. The third kappa shape index (κ3) is 5.08. The number of hydrogen-bond donors (Lipinski definition) is 0. The molecule has 2 heterocycles. The van der Waals surface area contributed by atoms with Crippen molar-refractivity contribution >= 4 is 6.09 Å². The van der Waals surface area contributed by atoms with Gasteiger partial charge in [0.15, 0.2) is 0 Å². The third-order valence-electron chi connectivity index (χ3n) is 3.32. The Kier molecular flexibility index (Phi) is 6.58. The minimum Gasteiger partial charge on any atom is -0.481 e. The highest BCUT2D eigenvalue weighted by atomic mass is 16.7. The molecule has 0 radical (unpaired) electrons. The summed E-state index contributed by atoms with van der Waals surface area (Å²) in [7, 11) is 2.97. The van der Waals surface area contributed by atoms with Crippen molar-refractivity contribution in [3.8, 4) is 17.8 Å². The van der Waals surface area contributed by atoms with Crippen LogP contribution in [0.1, 0.15) is 13.8 Å². The van der Waals surface area contributed by atoms with Gasteiger partial charge in [0, 0.05) is 19.3 Å². The standard InChI is InChI=1S/C16H22N4O5/c1-5-20(6-2)25-16(21)19-9-7-8-12(11-19)24-15-17-13(22-3)10-14(18-15)23-4/h7-10H,5-6,11H2,1-4H3. The second kappa shape index (κ2) is 8.88. The number of carbonyl (C=O) groups is 1. The Balaban J connectivity index is 2.03. The highest BCUT2D eigenvalue weighted by Crippen LogP contribution is 2.21. The molecule has 0 spiro atoms. The molecular weight excluding hydrogens is 328 g/mol. The van der Waals surface area contributed by atoms with Crippen LogP contribution >= 0.6 is 0 Å². The maximum absolute atomic E-state index is 12.2. The molecule has 0 N–H and O–H groups in total. The molecule has 0 atom stereocenters. The van der Waals surface area contributed by atoms with Crippen molar-refractivity contribution in [2.75, 3.05) is 33.9 Å². The molecule has 0 aliphatic carbocycles. The highest BCUT2D eigenvalue weighted by Gasteiger charge is 2.21. The Morgan fingerprint density at radius 2 is 1.84 bits per heavy atom. The van der Waals surface area contributed by atoms with Gasteiger partial charge in [-0.25, -0.2) is 4.79 Å². The Bertz CT molecular complexity index is 636. The fraction of sp³-hybridized carbons (Fsp3) is 0.438. The smallest absolute Gasteiger partial charge is 0.433 e. The third-order valence-corrected chi connectivity index (χ3v) is 3.32. The lowest BCUT2D eigenvalue weighted by molar-refractivity contribution is -0.101. The monoisotopic (exact) mass is 350 g/mol. The predicted molar refractivity (Wildman–Crippen MR) is 89.1 cm³/mol. The number of rotatable bonds is 7. The summed E-state index contributed by atoms with van der Waals surface area (Å²) in [6.45, 7) is 5.22. The zero-order valence-corrected chi connectivity index (χ0v) is 14.8. The molecule has 0 bridgehead atoms. The van der Waals surface area contributed by atoms with E-state index in [4.69, 9.17) is 19.0 Å².